The minimum absolute atomic E-state index is 0.102. The number of fused-ring (bicyclic) bond motifs is 1. The van der Waals surface area contributed by atoms with Crippen LogP contribution in [0.2, 0.25) is 0 Å². The summed E-state index contributed by atoms with van der Waals surface area (Å²) < 4.78 is 11.4. The van der Waals surface area contributed by atoms with E-state index in [2.05, 4.69) is 61.4 Å². The number of nitrogens with zero attached hydrogens (tertiary/aromatic N) is 2. The van der Waals surface area contributed by atoms with Crippen LogP contribution in [0.4, 0.5) is 0 Å². The van der Waals surface area contributed by atoms with Crippen LogP contribution in [0.5, 0.6) is 5.75 Å². The van der Waals surface area contributed by atoms with Crippen LogP contribution < -0.4 is 10.1 Å². The second-order valence-electron chi connectivity index (χ2n) is 9.78. The highest BCUT2D eigenvalue weighted by molar-refractivity contribution is 5.91. The van der Waals surface area contributed by atoms with Crippen molar-refractivity contribution >= 4 is 11.8 Å². The van der Waals surface area contributed by atoms with E-state index in [0.29, 0.717) is 37.1 Å². The van der Waals surface area contributed by atoms with Crippen molar-refractivity contribution in [1.29, 1.82) is 0 Å². The number of carbonyl (C=O) groups excluding carboxylic acids is 2. The predicted molar refractivity (Wildman–Crippen MR) is 138 cm³/mol. The van der Waals surface area contributed by atoms with Gasteiger partial charge >= 0.3 is 0 Å². The first kappa shape index (κ1) is 25.5. The molecule has 0 fully saturated rings. The number of benzene rings is 2. The lowest BCUT2D eigenvalue weighted by Crippen LogP contribution is -2.41. The molecule has 7 nitrogen and oxygen atoms in total. The number of oxazole rings is 1. The molecule has 190 valence electrons. The summed E-state index contributed by atoms with van der Waals surface area (Å²) in [6.07, 6.45) is 3.52. The average molecular weight is 490 g/mol. The van der Waals surface area contributed by atoms with E-state index in [1.54, 1.807) is 0 Å². The number of nitrogens with one attached hydrogen (secondary N) is 1. The average Bonchev–Trinajstić information content (AvgIpc) is 3.34. The van der Waals surface area contributed by atoms with Gasteiger partial charge in [-0.3, -0.25) is 9.59 Å². The van der Waals surface area contributed by atoms with E-state index in [4.69, 9.17) is 9.15 Å². The zero-order chi connectivity index (χ0) is 25.7. The number of aryl methyl sites for hydroxylation is 1. The predicted octanol–water partition coefficient (Wildman–Crippen LogP) is 5.22. The Balaban J connectivity index is 1.56. The molecule has 1 atom stereocenters. The highest BCUT2D eigenvalue weighted by Crippen LogP contribution is 2.38. The van der Waals surface area contributed by atoms with Crippen LogP contribution in [0.3, 0.4) is 0 Å². The Morgan fingerprint density at radius 2 is 1.97 bits per heavy atom. The molecule has 0 saturated heterocycles. The monoisotopic (exact) mass is 489 g/mol. The molecule has 1 unspecified atom stereocenters. The van der Waals surface area contributed by atoms with Crippen molar-refractivity contribution in [3.05, 3.63) is 82.6 Å². The summed E-state index contributed by atoms with van der Waals surface area (Å²) in [5.41, 5.74) is 4.80. The summed E-state index contributed by atoms with van der Waals surface area (Å²) in [5.74, 6) is 1.20. The molecule has 2 aromatic carbocycles. The Morgan fingerprint density at radius 1 is 1.19 bits per heavy atom. The molecular weight excluding hydrogens is 454 g/mol. The van der Waals surface area contributed by atoms with E-state index in [1.807, 2.05) is 24.0 Å². The number of hydrogen-bond acceptors (Lipinski definition) is 5. The Bertz CT molecular complexity index is 1200. The van der Waals surface area contributed by atoms with Crippen LogP contribution in [-0.4, -0.2) is 34.8 Å². The maximum absolute atomic E-state index is 13.2. The lowest BCUT2D eigenvalue weighted by molar-refractivity contribution is -0.134. The number of ether oxygens (including phenoxy) is 1. The van der Waals surface area contributed by atoms with E-state index in [-0.39, 0.29) is 30.2 Å². The van der Waals surface area contributed by atoms with Gasteiger partial charge in [-0.15, -0.1) is 0 Å². The van der Waals surface area contributed by atoms with E-state index in [0.717, 1.165) is 24.0 Å². The maximum atomic E-state index is 13.2. The van der Waals surface area contributed by atoms with Crippen molar-refractivity contribution in [3.8, 4) is 5.75 Å². The maximum Gasteiger partial charge on any atom is 0.273 e. The normalized spacial score (nSPS) is 15.0. The highest BCUT2D eigenvalue weighted by atomic mass is 16.5. The van der Waals surface area contributed by atoms with Gasteiger partial charge in [-0.25, -0.2) is 4.98 Å². The van der Waals surface area contributed by atoms with Gasteiger partial charge in [0.1, 0.15) is 12.0 Å². The standard InChI is InChI=1S/C29H35N3O4/c1-5-13-30-29(34)25-17-36-26(31-25)18-35-23-11-10-21-12-14-32(27(33)15-19(2)3)28(24(21)16-23)22-8-6-20(4)7-9-22/h6-11,16-17,19,28H,5,12-15,18H2,1-4H3,(H,30,34). The van der Waals surface area contributed by atoms with Crippen molar-refractivity contribution in [2.75, 3.05) is 13.1 Å². The van der Waals surface area contributed by atoms with Gasteiger partial charge in [-0.1, -0.05) is 56.7 Å². The van der Waals surface area contributed by atoms with Crippen molar-refractivity contribution < 1.29 is 18.7 Å². The fourth-order valence-electron chi connectivity index (χ4n) is 4.48. The Hall–Kier alpha value is -3.61. The molecule has 1 aliphatic rings. The van der Waals surface area contributed by atoms with Gasteiger partial charge in [0.15, 0.2) is 12.3 Å². The summed E-state index contributed by atoms with van der Waals surface area (Å²) in [7, 11) is 0. The van der Waals surface area contributed by atoms with Gasteiger partial charge in [0.25, 0.3) is 5.91 Å². The molecule has 2 amide bonds. The smallest absolute Gasteiger partial charge is 0.273 e. The number of aromatic nitrogens is 1. The van der Waals surface area contributed by atoms with Gasteiger partial charge in [0.2, 0.25) is 11.8 Å². The zero-order valence-electron chi connectivity index (χ0n) is 21.5. The molecule has 4 rings (SSSR count). The van der Waals surface area contributed by atoms with E-state index < -0.39 is 0 Å². The lowest BCUT2D eigenvalue weighted by atomic mass is 9.87. The van der Waals surface area contributed by atoms with Crippen molar-refractivity contribution in [1.82, 2.24) is 15.2 Å². The molecule has 0 aliphatic carbocycles. The van der Waals surface area contributed by atoms with Gasteiger partial charge in [-0.05, 0) is 54.5 Å². The quantitative estimate of drug-likeness (QED) is 0.445. The molecule has 1 aromatic heterocycles. The van der Waals surface area contributed by atoms with Crippen LogP contribution in [0.25, 0.3) is 0 Å². The largest absolute Gasteiger partial charge is 0.484 e. The van der Waals surface area contributed by atoms with Crippen LogP contribution in [-0.2, 0) is 17.8 Å². The van der Waals surface area contributed by atoms with E-state index in [1.165, 1.54) is 17.4 Å². The minimum Gasteiger partial charge on any atom is -0.484 e. The fraction of sp³-hybridized carbons (Fsp3) is 0.414. The van der Waals surface area contributed by atoms with Crippen LogP contribution in [0, 0.1) is 12.8 Å². The van der Waals surface area contributed by atoms with Gasteiger partial charge in [0.05, 0.1) is 6.04 Å². The minimum atomic E-state index is -0.257. The second kappa shape index (κ2) is 11.4. The number of amides is 2. The lowest BCUT2D eigenvalue weighted by Gasteiger charge is -2.38. The molecule has 0 spiro atoms. The third kappa shape index (κ3) is 5.96. The number of rotatable bonds is 9. The molecule has 1 aliphatic heterocycles. The van der Waals surface area contributed by atoms with Crippen LogP contribution in [0.1, 0.15) is 78.3 Å². The van der Waals surface area contributed by atoms with Crippen molar-refractivity contribution in [2.45, 2.75) is 59.6 Å². The Labute approximate surface area is 212 Å². The molecule has 0 saturated carbocycles. The summed E-state index contributed by atoms with van der Waals surface area (Å²) >= 11 is 0. The van der Waals surface area contributed by atoms with Gasteiger partial charge < -0.3 is 19.4 Å². The third-order valence-corrected chi connectivity index (χ3v) is 6.32. The zero-order valence-corrected chi connectivity index (χ0v) is 21.5. The molecule has 2 heterocycles. The molecule has 7 heteroatoms. The Morgan fingerprint density at radius 3 is 2.69 bits per heavy atom. The SMILES string of the molecule is CCCNC(=O)c1coc(COc2ccc3c(c2)C(c2ccc(C)cc2)N(C(=O)CC(C)C)CC3)n1. The second-order valence-corrected chi connectivity index (χ2v) is 9.78. The topological polar surface area (TPSA) is 84.7 Å². The molecule has 36 heavy (non-hydrogen) atoms. The first-order valence-electron chi connectivity index (χ1n) is 12.7. The molecule has 0 radical (unpaired) electrons. The summed E-state index contributed by atoms with van der Waals surface area (Å²) in [6.45, 7) is 9.58. The van der Waals surface area contributed by atoms with Crippen molar-refractivity contribution in [2.24, 2.45) is 5.92 Å². The van der Waals surface area contributed by atoms with Gasteiger partial charge in [-0.2, -0.15) is 0 Å². The first-order valence-corrected chi connectivity index (χ1v) is 12.7. The molecule has 3 aromatic rings. The summed E-state index contributed by atoms with van der Waals surface area (Å²) in [5, 5.41) is 2.78. The highest BCUT2D eigenvalue weighted by Gasteiger charge is 2.32. The van der Waals surface area contributed by atoms with E-state index >= 15 is 0 Å². The fourth-order valence-corrected chi connectivity index (χ4v) is 4.48. The molecule has 0 bridgehead atoms. The summed E-state index contributed by atoms with van der Waals surface area (Å²) in [4.78, 5) is 31.6. The van der Waals surface area contributed by atoms with Crippen LogP contribution >= 0.6 is 0 Å². The first-order chi connectivity index (χ1) is 17.4. The Kier molecular flexibility index (Phi) is 8.08. The van der Waals surface area contributed by atoms with Crippen LogP contribution in [0.15, 0.2) is 53.1 Å². The van der Waals surface area contributed by atoms with Gasteiger partial charge in [0, 0.05) is 19.5 Å². The summed E-state index contributed by atoms with van der Waals surface area (Å²) in [6, 6.07) is 14.3. The van der Waals surface area contributed by atoms with Crippen molar-refractivity contribution in [3.63, 3.8) is 0 Å². The van der Waals surface area contributed by atoms with E-state index in [9.17, 15) is 9.59 Å². The molecular formula is C29H35N3O4. The number of carbonyl (C=O) groups is 2. The molecule has 1 N–H and O–H groups in total. The number of hydrogen-bond donors (Lipinski definition) is 1. The third-order valence-electron chi connectivity index (χ3n) is 6.32.